The van der Waals surface area contributed by atoms with Gasteiger partial charge in [0.25, 0.3) is 11.8 Å². The molecule has 0 spiro atoms. The number of carbonyl (C=O) groups is 2. The summed E-state index contributed by atoms with van der Waals surface area (Å²) < 4.78 is 19.4. The number of halogens is 1. The molecular weight excluding hydrogens is 359 g/mol. The zero-order valence-corrected chi connectivity index (χ0v) is 15.8. The summed E-state index contributed by atoms with van der Waals surface area (Å²) in [5.74, 6) is -0.461. The third-order valence-electron chi connectivity index (χ3n) is 4.84. The van der Waals surface area contributed by atoms with E-state index in [9.17, 15) is 14.0 Å². The Morgan fingerprint density at radius 3 is 2.39 bits per heavy atom. The molecule has 2 aromatic rings. The lowest BCUT2D eigenvalue weighted by Crippen LogP contribution is -2.35. The molecule has 5 nitrogen and oxygen atoms in total. The summed E-state index contributed by atoms with van der Waals surface area (Å²) in [6, 6.07) is 13.1. The van der Waals surface area contributed by atoms with Crippen molar-refractivity contribution in [3.8, 4) is 5.75 Å². The Bertz CT molecular complexity index is 817. The minimum absolute atomic E-state index is 0.0662. The van der Waals surface area contributed by atoms with E-state index in [2.05, 4.69) is 5.32 Å². The van der Waals surface area contributed by atoms with Gasteiger partial charge in [0.1, 0.15) is 11.6 Å². The summed E-state index contributed by atoms with van der Waals surface area (Å²) in [6.45, 7) is 1.49. The van der Waals surface area contributed by atoms with E-state index in [4.69, 9.17) is 4.74 Å². The summed E-state index contributed by atoms with van der Waals surface area (Å²) in [6.07, 6.45) is 4.33. The minimum atomic E-state index is -0.374. The van der Waals surface area contributed by atoms with Crippen molar-refractivity contribution in [2.45, 2.75) is 32.2 Å². The molecule has 1 heterocycles. The fraction of sp³-hybridized carbons (Fsp3) is 0.364. The van der Waals surface area contributed by atoms with Crippen LogP contribution in [0, 0.1) is 5.82 Å². The topological polar surface area (TPSA) is 58.6 Å². The second-order valence-corrected chi connectivity index (χ2v) is 6.85. The Kier molecular flexibility index (Phi) is 7.00. The summed E-state index contributed by atoms with van der Waals surface area (Å²) >= 11 is 0. The van der Waals surface area contributed by atoms with Gasteiger partial charge in [0, 0.05) is 25.2 Å². The van der Waals surface area contributed by atoms with E-state index in [0.29, 0.717) is 16.9 Å². The maximum absolute atomic E-state index is 13.7. The smallest absolute Gasteiger partial charge is 0.260 e. The van der Waals surface area contributed by atoms with Gasteiger partial charge in [0.05, 0.1) is 5.56 Å². The molecule has 3 rings (SSSR count). The number of hydrogen-bond acceptors (Lipinski definition) is 3. The van der Waals surface area contributed by atoms with E-state index in [-0.39, 0.29) is 30.8 Å². The average Bonchev–Trinajstić information content (AvgIpc) is 3.01. The molecule has 0 radical (unpaired) electrons. The number of para-hydroxylation sites is 1. The zero-order valence-electron chi connectivity index (χ0n) is 15.8. The van der Waals surface area contributed by atoms with Crippen molar-refractivity contribution < 1.29 is 18.7 Å². The van der Waals surface area contributed by atoms with Crippen molar-refractivity contribution in [2.75, 3.05) is 19.7 Å². The van der Waals surface area contributed by atoms with E-state index >= 15 is 0 Å². The van der Waals surface area contributed by atoms with Gasteiger partial charge < -0.3 is 15.0 Å². The number of likely N-dealkylation sites (tertiary alicyclic amines) is 1. The first-order valence-electron chi connectivity index (χ1n) is 9.66. The second-order valence-electron chi connectivity index (χ2n) is 6.85. The van der Waals surface area contributed by atoms with Gasteiger partial charge in [-0.3, -0.25) is 9.59 Å². The van der Waals surface area contributed by atoms with Crippen LogP contribution < -0.4 is 10.1 Å². The SMILES string of the molecule is O=C(NCc1ccccc1F)c1ccccc1OCC(=O)N1CCCCCC1. The lowest BCUT2D eigenvalue weighted by molar-refractivity contribution is -0.133. The molecule has 0 atom stereocenters. The van der Waals surface area contributed by atoms with Gasteiger partial charge >= 0.3 is 0 Å². The van der Waals surface area contributed by atoms with Gasteiger partial charge in [-0.1, -0.05) is 43.2 Å². The summed E-state index contributed by atoms with van der Waals surface area (Å²) in [7, 11) is 0. The summed E-state index contributed by atoms with van der Waals surface area (Å²) in [5, 5.41) is 2.70. The normalized spacial score (nSPS) is 14.2. The van der Waals surface area contributed by atoms with Crippen LogP contribution >= 0.6 is 0 Å². The number of nitrogens with zero attached hydrogens (tertiary/aromatic N) is 1. The Labute approximate surface area is 164 Å². The van der Waals surface area contributed by atoms with Crippen LogP contribution in [0.4, 0.5) is 4.39 Å². The van der Waals surface area contributed by atoms with Gasteiger partial charge in [0.2, 0.25) is 0 Å². The Balaban J connectivity index is 1.59. The molecule has 1 N–H and O–H groups in total. The molecule has 2 amide bonds. The molecule has 148 valence electrons. The van der Waals surface area contributed by atoms with Gasteiger partial charge in [-0.2, -0.15) is 0 Å². The van der Waals surface area contributed by atoms with Crippen LogP contribution in [0.15, 0.2) is 48.5 Å². The molecule has 2 aromatic carbocycles. The highest BCUT2D eigenvalue weighted by Crippen LogP contribution is 2.19. The highest BCUT2D eigenvalue weighted by Gasteiger charge is 2.18. The van der Waals surface area contributed by atoms with Crippen LogP contribution in [0.25, 0.3) is 0 Å². The molecule has 6 heteroatoms. The number of hydrogen-bond donors (Lipinski definition) is 1. The molecule has 0 aliphatic carbocycles. The monoisotopic (exact) mass is 384 g/mol. The van der Waals surface area contributed by atoms with E-state index in [1.54, 1.807) is 42.5 Å². The van der Waals surface area contributed by atoms with Crippen molar-refractivity contribution in [3.63, 3.8) is 0 Å². The fourth-order valence-corrected chi connectivity index (χ4v) is 3.24. The van der Waals surface area contributed by atoms with Crippen molar-refractivity contribution in [3.05, 3.63) is 65.5 Å². The molecule has 28 heavy (non-hydrogen) atoms. The predicted octanol–water partition coefficient (Wildman–Crippen LogP) is 3.54. The molecule has 1 aliphatic heterocycles. The van der Waals surface area contributed by atoms with Crippen molar-refractivity contribution >= 4 is 11.8 Å². The average molecular weight is 384 g/mol. The molecule has 0 bridgehead atoms. The molecule has 0 unspecified atom stereocenters. The number of benzene rings is 2. The summed E-state index contributed by atoms with van der Waals surface area (Å²) in [4.78, 5) is 26.8. The third-order valence-corrected chi connectivity index (χ3v) is 4.84. The van der Waals surface area contributed by atoms with Crippen molar-refractivity contribution in [2.24, 2.45) is 0 Å². The van der Waals surface area contributed by atoms with E-state index in [1.165, 1.54) is 6.07 Å². The van der Waals surface area contributed by atoms with Gasteiger partial charge in [0.15, 0.2) is 6.61 Å². The molecule has 0 aromatic heterocycles. The lowest BCUT2D eigenvalue weighted by Gasteiger charge is -2.20. The van der Waals surface area contributed by atoms with Crippen LogP contribution in [0.1, 0.15) is 41.6 Å². The van der Waals surface area contributed by atoms with Crippen LogP contribution in [0.5, 0.6) is 5.75 Å². The molecule has 1 aliphatic rings. The Morgan fingerprint density at radius 2 is 1.64 bits per heavy atom. The molecule has 0 saturated carbocycles. The Morgan fingerprint density at radius 1 is 0.964 bits per heavy atom. The first kappa shape index (κ1) is 19.9. The van der Waals surface area contributed by atoms with Crippen LogP contribution in [0.2, 0.25) is 0 Å². The maximum atomic E-state index is 13.7. The van der Waals surface area contributed by atoms with Gasteiger partial charge in [-0.25, -0.2) is 4.39 Å². The number of amides is 2. The third kappa shape index (κ3) is 5.31. The van der Waals surface area contributed by atoms with Crippen LogP contribution in [0.3, 0.4) is 0 Å². The van der Waals surface area contributed by atoms with Crippen LogP contribution in [-0.4, -0.2) is 36.4 Å². The largest absolute Gasteiger partial charge is 0.483 e. The molecule has 1 saturated heterocycles. The van der Waals surface area contributed by atoms with Gasteiger partial charge in [-0.05, 0) is 31.0 Å². The second kappa shape index (κ2) is 9.88. The highest BCUT2D eigenvalue weighted by molar-refractivity contribution is 5.97. The number of carbonyl (C=O) groups excluding carboxylic acids is 2. The fourth-order valence-electron chi connectivity index (χ4n) is 3.24. The summed E-state index contributed by atoms with van der Waals surface area (Å²) in [5.41, 5.74) is 0.730. The van der Waals surface area contributed by atoms with Crippen LogP contribution in [-0.2, 0) is 11.3 Å². The minimum Gasteiger partial charge on any atom is -0.483 e. The van der Waals surface area contributed by atoms with E-state index in [1.807, 2.05) is 4.90 Å². The lowest BCUT2D eigenvalue weighted by atomic mass is 10.1. The van der Waals surface area contributed by atoms with Crippen molar-refractivity contribution in [1.82, 2.24) is 10.2 Å². The van der Waals surface area contributed by atoms with Crippen molar-refractivity contribution in [1.29, 1.82) is 0 Å². The zero-order chi connectivity index (χ0) is 19.8. The molecule has 1 fully saturated rings. The quantitative estimate of drug-likeness (QED) is 0.829. The number of ether oxygens (including phenoxy) is 1. The first-order valence-corrected chi connectivity index (χ1v) is 9.66. The predicted molar refractivity (Wildman–Crippen MR) is 105 cm³/mol. The van der Waals surface area contributed by atoms with E-state index in [0.717, 1.165) is 38.8 Å². The maximum Gasteiger partial charge on any atom is 0.260 e. The number of nitrogens with one attached hydrogen (secondary N) is 1. The Hall–Kier alpha value is -2.89. The van der Waals surface area contributed by atoms with E-state index < -0.39 is 0 Å². The number of rotatable bonds is 6. The van der Waals surface area contributed by atoms with Gasteiger partial charge in [-0.15, -0.1) is 0 Å². The standard InChI is InChI=1S/C22H25FN2O3/c23-19-11-5-3-9-17(19)15-24-22(27)18-10-4-6-12-20(18)28-16-21(26)25-13-7-1-2-8-14-25/h3-6,9-12H,1-2,7-8,13-16H2,(H,24,27). The highest BCUT2D eigenvalue weighted by atomic mass is 19.1. The first-order chi connectivity index (χ1) is 13.6. The molecular formula is C22H25FN2O3.